The van der Waals surface area contributed by atoms with E-state index in [0.29, 0.717) is 36.6 Å². The van der Waals surface area contributed by atoms with Crippen LogP contribution in [0.4, 0.5) is 11.4 Å². The van der Waals surface area contributed by atoms with Crippen LogP contribution in [0.3, 0.4) is 0 Å². The number of amides is 2. The summed E-state index contributed by atoms with van der Waals surface area (Å²) in [5, 5.41) is 0. The van der Waals surface area contributed by atoms with Crippen LogP contribution in [0.1, 0.15) is 27.2 Å². The van der Waals surface area contributed by atoms with Crippen molar-refractivity contribution in [2.75, 3.05) is 30.3 Å². The lowest BCUT2D eigenvalue weighted by Gasteiger charge is -2.34. The Labute approximate surface area is 130 Å². The molecule has 0 radical (unpaired) electrons. The standard InChI is InChI=1S/C16H23N3O3/c1-4-13-16(21)19(10-15(20)18(5-2)6-3)12-8-7-11(17)9-14(12)22-13/h7-9,13H,4-6,10,17H2,1-3H3. The van der Waals surface area contributed by atoms with Gasteiger partial charge in [-0.15, -0.1) is 0 Å². The van der Waals surface area contributed by atoms with Gasteiger partial charge in [0.05, 0.1) is 5.69 Å². The third-order valence-electron chi connectivity index (χ3n) is 3.87. The highest BCUT2D eigenvalue weighted by Gasteiger charge is 2.35. The minimum absolute atomic E-state index is 0.0251. The Balaban J connectivity index is 2.32. The molecule has 6 nitrogen and oxygen atoms in total. The maximum atomic E-state index is 12.5. The van der Waals surface area contributed by atoms with Crippen molar-refractivity contribution in [1.82, 2.24) is 4.90 Å². The summed E-state index contributed by atoms with van der Waals surface area (Å²) in [6.07, 6.45) is -0.0259. The van der Waals surface area contributed by atoms with Gasteiger partial charge in [0.25, 0.3) is 5.91 Å². The summed E-state index contributed by atoms with van der Waals surface area (Å²) in [6.45, 7) is 7.00. The molecule has 0 aromatic heterocycles. The van der Waals surface area contributed by atoms with Gasteiger partial charge in [0.2, 0.25) is 5.91 Å². The van der Waals surface area contributed by atoms with E-state index in [1.807, 2.05) is 20.8 Å². The molecule has 1 aliphatic rings. The molecule has 2 N–H and O–H groups in total. The molecule has 1 heterocycles. The van der Waals surface area contributed by atoms with E-state index >= 15 is 0 Å². The van der Waals surface area contributed by atoms with E-state index in [1.165, 1.54) is 4.90 Å². The zero-order valence-electron chi connectivity index (χ0n) is 13.3. The first-order chi connectivity index (χ1) is 10.5. The first-order valence-corrected chi connectivity index (χ1v) is 7.67. The summed E-state index contributed by atoms with van der Waals surface area (Å²) >= 11 is 0. The van der Waals surface area contributed by atoms with Gasteiger partial charge < -0.3 is 15.4 Å². The Bertz CT molecular complexity index is 570. The van der Waals surface area contributed by atoms with E-state index in [2.05, 4.69) is 0 Å². The van der Waals surface area contributed by atoms with Crippen LogP contribution in [0, 0.1) is 0 Å². The Morgan fingerprint density at radius 3 is 2.59 bits per heavy atom. The summed E-state index contributed by atoms with van der Waals surface area (Å²) in [5.74, 6) is 0.303. The number of likely N-dealkylation sites (N-methyl/N-ethyl adjacent to an activating group) is 1. The van der Waals surface area contributed by atoms with Crippen molar-refractivity contribution in [3.8, 4) is 5.75 Å². The van der Waals surface area contributed by atoms with Crippen molar-refractivity contribution in [2.45, 2.75) is 33.3 Å². The second kappa shape index (κ2) is 6.68. The lowest BCUT2D eigenvalue weighted by atomic mass is 10.1. The SMILES string of the molecule is CCC1Oc2cc(N)ccc2N(CC(=O)N(CC)CC)C1=O. The number of carbonyl (C=O) groups excluding carboxylic acids is 2. The van der Waals surface area contributed by atoms with Crippen molar-refractivity contribution >= 4 is 23.2 Å². The van der Waals surface area contributed by atoms with Crippen LogP contribution >= 0.6 is 0 Å². The average Bonchev–Trinajstić information content (AvgIpc) is 2.50. The van der Waals surface area contributed by atoms with E-state index in [-0.39, 0.29) is 18.4 Å². The fourth-order valence-corrected chi connectivity index (χ4v) is 2.58. The van der Waals surface area contributed by atoms with Gasteiger partial charge in [-0.1, -0.05) is 6.92 Å². The average molecular weight is 305 g/mol. The van der Waals surface area contributed by atoms with Gasteiger partial charge in [-0.25, -0.2) is 0 Å². The van der Waals surface area contributed by atoms with Crippen LogP contribution in [0.15, 0.2) is 18.2 Å². The molecule has 2 rings (SSSR count). The third-order valence-corrected chi connectivity index (χ3v) is 3.87. The van der Waals surface area contributed by atoms with Gasteiger partial charge in [0, 0.05) is 24.8 Å². The monoisotopic (exact) mass is 305 g/mol. The van der Waals surface area contributed by atoms with Gasteiger partial charge >= 0.3 is 0 Å². The van der Waals surface area contributed by atoms with E-state index < -0.39 is 6.10 Å². The van der Waals surface area contributed by atoms with Crippen LogP contribution in [0.25, 0.3) is 0 Å². The van der Waals surface area contributed by atoms with E-state index in [1.54, 1.807) is 23.1 Å². The minimum atomic E-state index is -0.571. The Kier molecular flexibility index (Phi) is 4.90. The molecule has 2 amide bonds. The van der Waals surface area contributed by atoms with E-state index in [9.17, 15) is 9.59 Å². The molecule has 1 atom stereocenters. The molecule has 6 heteroatoms. The number of rotatable bonds is 5. The first kappa shape index (κ1) is 16.1. The molecule has 1 aliphatic heterocycles. The highest BCUT2D eigenvalue weighted by molar-refractivity contribution is 6.04. The number of fused-ring (bicyclic) bond motifs is 1. The molecule has 0 bridgehead atoms. The molecule has 0 saturated carbocycles. The Morgan fingerprint density at radius 1 is 1.32 bits per heavy atom. The molecule has 120 valence electrons. The second-order valence-corrected chi connectivity index (χ2v) is 5.23. The summed E-state index contributed by atoms with van der Waals surface area (Å²) in [7, 11) is 0. The van der Waals surface area contributed by atoms with Crippen LogP contribution in [-0.4, -0.2) is 42.5 Å². The smallest absolute Gasteiger partial charge is 0.268 e. The molecule has 0 spiro atoms. The highest BCUT2D eigenvalue weighted by atomic mass is 16.5. The molecule has 1 aromatic rings. The molecule has 0 fully saturated rings. The van der Waals surface area contributed by atoms with E-state index in [4.69, 9.17) is 10.5 Å². The van der Waals surface area contributed by atoms with Gasteiger partial charge in [-0.3, -0.25) is 14.5 Å². The number of nitrogens with zero attached hydrogens (tertiary/aromatic N) is 2. The van der Waals surface area contributed by atoms with E-state index in [0.717, 1.165) is 0 Å². The number of carbonyl (C=O) groups is 2. The predicted molar refractivity (Wildman–Crippen MR) is 85.8 cm³/mol. The maximum absolute atomic E-state index is 12.5. The number of nitrogens with two attached hydrogens (primary N) is 1. The molecular weight excluding hydrogens is 282 g/mol. The van der Waals surface area contributed by atoms with Crippen molar-refractivity contribution in [3.63, 3.8) is 0 Å². The zero-order chi connectivity index (χ0) is 16.3. The maximum Gasteiger partial charge on any atom is 0.268 e. The topological polar surface area (TPSA) is 75.9 Å². The number of hydrogen-bond donors (Lipinski definition) is 1. The number of anilines is 2. The Morgan fingerprint density at radius 2 is 2.00 bits per heavy atom. The molecular formula is C16H23N3O3. The second-order valence-electron chi connectivity index (χ2n) is 5.23. The lowest BCUT2D eigenvalue weighted by Crippen LogP contribution is -2.50. The predicted octanol–water partition coefficient (Wildman–Crippen LogP) is 1.64. The Hall–Kier alpha value is -2.24. The molecule has 0 aliphatic carbocycles. The summed E-state index contributed by atoms with van der Waals surface area (Å²) in [4.78, 5) is 28.1. The largest absolute Gasteiger partial charge is 0.478 e. The van der Waals surface area contributed by atoms with Crippen molar-refractivity contribution in [1.29, 1.82) is 0 Å². The molecule has 1 aromatic carbocycles. The van der Waals surface area contributed by atoms with Gasteiger partial charge in [0.15, 0.2) is 6.10 Å². The normalized spacial score (nSPS) is 17.0. The van der Waals surface area contributed by atoms with Gasteiger partial charge in [0.1, 0.15) is 12.3 Å². The third kappa shape index (κ3) is 3.00. The number of benzene rings is 1. The van der Waals surface area contributed by atoms with Crippen LogP contribution in [0.2, 0.25) is 0 Å². The van der Waals surface area contributed by atoms with Crippen molar-refractivity contribution < 1.29 is 14.3 Å². The quantitative estimate of drug-likeness (QED) is 0.839. The van der Waals surface area contributed by atoms with Crippen molar-refractivity contribution in [2.24, 2.45) is 0 Å². The summed E-state index contributed by atoms with van der Waals surface area (Å²) < 4.78 is 5.70. The lowest BCUT2D eigenvalue weighted by molar-refractivity contribution is -0.133. The zero-order valence-corrected chi connectivity index (χ0v) is 13.3. The fraction of sp³-hybridized carbons (Fsp3) is 0.500. The molecule has 0 saturated heterocycles. The van der Waals surface area contributed by atoms with Crippen LogP contribution in [0.5, 0.6) is 5.75 Å². The number of ether oxygens (including phenoxy) is 1. The number of nitrogen functional groups attached to an aromatic ring is 1. The molecule has 22 heavy (non-hydrogen) atoms. The summed E-state index contributed by atoms with van der Waals surface area (Å²) in [6, 6.07) is 5.12. The summed E-state index contributed by atoms with van der Waals surface area (Å²) in [5.41, 5.74) is 6.95. The highest BCUT2D eigenvalue weighted by Crippen LogP contribution is 2.36. The minimum Gasteiger partial charge on any atom is -0.478 e. The fourth-order valence-electron chi connectivity index (χ4n) is 2.58. The van der Waals surface area contributed by atoms with Crippen molar-refractivity contribution in [3.05, 3.63) is 18.2 Å². The first-order valence-electron chi connectivity index (χ1n) is 7.67. The van der Waals surface area contributed by atoms with Gasteiger partial charge in [-0.2, -0.15) is 0 Å². The number of hydrogen-bond acceptors (Lipinski definition) is 4. The van der Waals surface area contributed by atoms with Gasteiger partial charge in [-0.05, 0) is 32.4 Å². The van der Waals surface area contributed by atoms with Crippen LogP contribution < -0.4 is 15.4 Å². The van der Waals surface area contributed by atoms with Crippen LogP contribution in [-0.2, 0) is 9.59 Å². The molecule has 1 unspecified atom stereocenters.